The molecule has 0 aliphatic heterocycles. The highest BCUT2D eigenvalue weighted by Gasteiger charge is 2.45. The van der Waals surface area contributed by atoms with E-state index in [4.69, 9.17) is 0 Å². The third kappa shape index (κ3) is 3.56. The number of amides is 1. The minimum Gasteiger partial charge on any atom is -0.481 e. The molecule has 124 valence electrons. The summed E-state index contributed by atoms with van der Waals surface area (Å²) in [5.41, 5.74) is 1.60. The topological polar surface area (TPSA) is 78.4 Å². The van der Waals surface area contributed by atoms with Gasteiger partial charge in [-0.05, 0) is 43.2 Å². The van der Waals surface area contributed by atoms with Gasteiger partial charge in [-0.2, -0.15) is 0 Å². The second kappa shape index (κ2) is 6.74. The molecule has 0 unspecified atom stereocenters. The summed E-state index contributed by atoms with van der Waals surface area (Å²) in [4.78, 5) is 23.6. The van der Waals surface area contributed by atoms with E-state index in [1.54, 1.807) is 6.07 Å². The average molecular weight is 324 g/mol. The molecular formula is C19H20N2O3. The molecule has 3 rings (SSSR count). The monoisotopic (exact) mass is 324 g/mol. The number of anilines is 3. The van der Waals surface area contributed by atoms with Gasteiger partial charge in [-0.15, -0.1) is 0 Å². The van der Waals surface area contributed by atoms with E-state index in [-0.39, 0.29) is 12.3 Å². The number of hydrogen-bond donors (Lipinski definition) is 3. The van der Waals surface area contributed by atoms with Crippen molar-refractivity contribution in [3.63, 3.8) is 0 Å². The Morgan fingerprint density at radius 2 is 1.62 bits per heavy atom. The molecule has 2 aromatic rings. The quantitative estimate of drug-likeness (QED) is 0.750. The van der Waals surface area contributed by atoms with E-state index in [1.165, 1.54) is 0 Å². The zero-order chi connectivity index (χ0) is 17.0. The van der Waals surface area contributed by atoms with Gasteiger partial charge in [0.25, 0.3) is 0 Å². The van der Waals surface area contributed by atoms with Gasteiger partial charge in [0.2, 0.25) is 5.91 Å². The molecule has 1 aliphatic rings. The standard InChI is InChI=1S/C19H20N2O3/c22-17(13-19(18(23)24)10-5-11-19)21-16-9-4-8-15(12-16)20-14-6-2-1-3-7-14/h1-4,6-9,12,20H,5,10-11,13H2,(H,21,22)(H,23,24). The molecule has 0 spiro atoms. The van der Waals surface area contributed by atoms with Crippen LogP contribution in [-0.2, 0) is 9.59 Å². The Kier molecular flexibility index (Phi) is 4.51. The summed E-state index contributed by atoms with van der Waals surface area (Å²) in [6, 6.07) is 17.1. The minimum atomic E-state index is -0.872. The number of para-hydroxylation sites is 1. The average Bonchev–Trinajstić information content (AvgIpc) is 2.52. The van der Waals surface area contributed by atoms with Gasteiger partial charge in [-0.3, -0.25) is 9.59 Å². The second-order valence-electron chi connectivity index (χ2n) is 6.24. The van der Waals surface area contributed by atoms with Crippen molar-refractivity contribution in [1.29, 1.82) is 0 Å². The van der Waals surface area contributed by atoms with Crippen LogP contribution in [0.2, 0.25) is 0 Å². The summed E-state index contributed by atoms with van der Waals surface area (Å²) in [5, 5.41) is 15.4. The van der Waals surface area contributed by atoms with Crippen molar-refractivity contribution in [2.24, 2.45) is 5.41 Å². The molecule has 0 atom stereocenters. The fourth-order valence-electron chi connectivity index (χ4n) is 2.95. The number of carboxylic acids is 1. The maximum absolute atomic E-state index is 12.2. The lowest BCUT2D eigenvalue weighted by Gasteiger charge is -2.36. The number of carbonyl (C=O) groups excluding carboxylic acids is 1. The van der Waals surface area contributed by atoms with Gasteiger partial charge in [0.15, 0.2) is 0 Å². The van der Waals surface area contributed by atoms with Gasteiger partial charge in [0.1, 0.15) is 0 Å². The Bertz CT molecular complexity index is 739. The van der Waals surface area contributed by atoms with Crippen molar-refractivity contribution >= 4 is 28.9 Å². The highest BCUT2D eigenvalue weighted by molar-refractivity contribution is 5.95. The first kappa shape index (κ1) is 16.1. The van der Waals surface area contributed by atoms with Crippen LogP contribution in [0.1, 0.15) is 25.7 Å². The Balaban J connectivity index is 1.64. The predicted molar refractivity (Wildman–Crippen MR) is 93.3 cm³/mol. The van der Waals surface area contributed by atoms with Gasteiger partial charge < -0.3 is 15.7 Å². The normalized spacial score (nSPS) is 15.2. The number of benzene rings is 2. The largest absolute Gasteiger partial charge is 0.481 e. The van der Waals surface area contributed by atoms with E-state index in [9.17, 15) is 14.7 Å². The van der Waals surface area contributed by atoms with E-state index >= 15 is 0 Å². The third-order valence-corrected chi connectivity index (χ3v) is 4.47. The summed E-state index contributed by atoms with van der Waals surface area (Å²) in [6.07, 6.45) is 2.05. The molecule has 1 saturated carbocycles. The van der Waals surface area contributed by atoms with Gasteiger partial charge >= 0.3 is 5.97 Å². The van der Waals surface area contributed by atoms with Crippen molar-refractivity contribution in [2.75, 3.05) is 10.6 Å². The molecule has 0 heterocycles. The summed E-state index contributed by atoms with van der Waals surface area (Å²) in [5.74, 6) is -1.13. The molecule has 0 bridgehead atoms. The van der Waals surface area contributed by atoms with Crippen LogP contribution in [0.5, 0.6) is 0 Å². The number of hydrogen-bond acceptors (Lipinski definition) is 3. The zero-order valence-corrected chi connectivity index (χ0v) is 13.3. The van der Waals surface area contributed by atoms with Crippen LogP contribution in [0, 0.1) is 5.41 Å². The molecule has 24 heavy (non-hydrogen) atoms. The minimum absolute atomic E-state index is 0.0265. The molecule has 5 heteroatoms. The maximum Gasteiger partial charge on any atom is 0.310 e. The van der Waals surface area contributed by atoms with Gasteiger partial charge in [0.05, 0.1) is 5.41 Å². The molecule has 5 nitrogen and oxygen atoms in total. The van der Waals surface area contributed by atoms with Crippen LogP contribution >= 0.6 is 0 Å². The zero-order valence-electron chi connectivity index (χ0n) is 13.3. The number of aliphatic carboxylic acids is 1. The molecule has 0 saturated heterocycles. The smallest absolute Gasteiger partial charge is 0.310 e. The summed E-state index contributed by atoms with van der Waals surface area (Å²) < 4.78 is 0. The second-order valence-corrected chi connectivity index (χ2v) is 6.24. The van der Waals surface area contributed by atoms with Crippen LogP contribution in [0.4, 0.5) is 17.1 Å². The van der Waals surface area contributed by atoms with Gasteiger partial charge in [-0.1, -0.05) is 30.7 Å². The van der Waals surface area contributed by atoms with Crippen molar-refractivity contribution in [3.8, 4) is 0 Å². The van der Waals surface area contributed by atoms with E-state index in [0.29, 0.717) is 18.5 Å². The Hall–Kier alpha value is -2.82. The Morgan fingerprint density at radius 3 is 2.25 bits per heavy atom. The van der Waals surface area contributed by atoms with Crippen molar-refractivity contribution in [2.45, 2.75) is 25.7 Å². The van der Waals surface area contributed by atoms with E-state index in [0.717, 1.165) is 17.8 Å². The molecule has 2 aromatic carbocycles. The van der Waals surface area contributed by atoms with Crippen LogP contribution < -0.4 is 10.6 Å². The number of nitrogens with one attached hydrogen (secondary N) is 2. The first-order chi connectivity index (χ1) is 11.6. The van der Waals surface area contributed by atoms with Crippen molar-refractivity contribution < 1.29 is 14.7 Å². The summed E-state index contributed by atoms with van der Waals surface area (Å²) in [6.45, 7) is 0. The van der Waals surface area contributed by atoms with Crippen LogP contribution in [0.15, 0.2) is 54.6 Å². The van der Waals surface area contributed by atoms with Gasteiger partial charge in [0, 0.05) is 23.5 Å². The molecule has 1 amide bonds. The van der Waals surface area contributed by atoms with Crippen LogP contribution in [-0.4, -0.2) is 17.0 Å². The molecular weight excluding hydrogens is 304 g/mol. The first-order valence-electron chi connectivity index (χ1n) is 8.03. The number of rotatable bonds is 6. The highest BCUT2D eigenvalue weighted by Crippen LogP contribution is 2.44. The maximum atomic E-state index is 12.2. The fraction of sp³-hybridized carbons (Fsp3) is 0.263. The van der Waals surface area contributed by atoms with Gasteiger partial charge in [-0.25, -0.2) is 0 Å². The lowest BCUT2D eigenvalue weighted by Crippen LogP contribution is -2.41. The molecule has 0 radical (unpaired) electrons. The molecule has 1 fully saturated rings. The van der Waals surface area contributed by atoms with Crippen LogP contribution in [0.25, 0.3) is 0 Å². The molecule has 0 aromatic heterocycles. The first-order valence-corrected chi connectivity index (χ1v) is 8.03. The highest BCUT2D eigenvalue weighted by atomic mass is 16.4. The van der Waals surface area contributed by atoms with Crippen LogP contribution in [0.3, 0.4) is 0 Å². The fourth-order valence-corrected chi connectivity index (χ4v) is 2.95. The summed E-state index contributed by atoms with van der Waals surface area (Å²) >= 11 is 0. The Morgan fingerprint density at radius 1 is 0.958 bits per heavy atom. The van der Waals surface area contributed by atoms with E-state index in [1.807, 2.05) is 48.5 Å². The van der Waals surface area contributed by atoms with Crippen molar-refractivity contribution in [1.82, 2.24) is 0 Å². The Labute approximate surface area is 140 Å². The lowest BCUT2D eigenvalue weighted by atomic mass is 9.66. The summed E-state index contributed by atoms with van der Waals surface area (Å²) in [7, 11) is 0. The molecule has 3 N–H and O–H groups in total. The van der Waals surface area contributed by atoms with E-state index in [2.05, 4.69) is 10.6 Å². The number of carboxylic acid groups (broad SMARTS) is 1. The predicted octanol–water partition coefficient (Wildman–Crippen LogP) is 4.01. The third-order valence-electron chi connectivity index (χ3n) is 4.47. The molecule has 1 aliphatic carbocycles. The SMILES string of the molecule is O=C(CC1(C(=O)O)CCC1)Nc1cccc(Nc2ccccc2)c1. The lowest BCUT2D eigenvalue weighted by molar-refractivity contribution is -0.157. The van der Waals surface area contributed by atoms with E-state index < -0.39 is 11.4 Å². The van der Waals surface area contributed by atoms with Crippen molar-refractivity contribution in [3.05, 3.63) is 54.6 Å². The number of carbonyl (C=O) groups is 2.